The van der Waals surface area contributed by atoms with E-state index < -0.39 is 9.84 Å². The zero-order valence-electron chi connectivity index (χ0n) is 17.2. The minimum atomic E-state index is -2.82. The number of ether oxygens (including phenoxy) is 1. The van der Waals surface area contributed by atoms with Crippen LogP contribution in [0.4, 0.5) is 5.69 Å². The van der Waals surface area contributed by atoms with Crippen molar-refractivity contribution in [2.24, 2.45) is 4.99 Å². The minimum Gasteiger partial charge on any atom is -0.495 e. The van der Waals surface area contributed by atoms with Crippen LogP contribution in [0.25, 0.3) is 0 Å². The number of piperazine rings is 1. The number of rotatable bonds is 5. The number of hydrogen-bond donors (Lipinski definition) is 1. The Kier molecular flexibility index (Phi) is 9.28. The average Bonchev–Trinajstić information content (AvgIpc) is 2.72. The van der Waals surface area contributed by atoms with Gasteiger partial charge in [0.05, 0.1) is 24.3 Å². The molecule has 0 aliphatic carbocycles. The Morgan fingerprint density at radius 3 is 2.38 bits per heavy atom. The Morgan fingerprint density at radius 1 is 1.10 bits per heavy atom. The second kappa shape index (κ2) is 11.2. The van der Waals surface area contributed by atoms with Crippen molar-refractivity contribution in [3.63, 3.8) is 0 Å². The summed E-state index contributed by atoms with van der Waals surface area (Å²) in [7, 11) is 0.695. The third-order valence-electron chi connectivity index (χ3n) is 5.37. The van der Waals surface area contributed by atoms with E-state index >= 15 is 0 Å². The van der Waals surface area contributed by atoms with Crippen LogP contribution in [0.2, 0.25) is 0 Å². The minimum absolute atomic E-state index is 0. The molecule has 1 N–H and O–H groups in total. The molecule has 2 heterocycles. The van der Waals surface area contributed by atoms with Crippen molar-refractivity contribution in [1.82, 2.24) is 15.1 Å². The molecular weight excluding hydrogens is 505 g/mol. The first-order valence-electron chi connectivity index (χ1n) is 9.79. The van der Waals surface area contributed by atoms with Crippen molar-refractivity contribution in [3.05, 3.63) is 24.3 Å². The summed E-state index contributed by atoms with van der Waals surface area (Å²) in [5.41, 5.74) is 1.13. The number of anilines is 1. The quantitative estimate of drug-likeness (QED) is 0.338. The lowest BCUT2D eigenvalue weighted by Crippen LogP contribution is -2.53. The molecule has 164 valence electrons. The van der Waals surface area contributed by atoms with Crippen molar-refractivity contribution < 1.29 is 13.2 Å². The summed E-state index contributed by atoms with van der Waals surface area (Å²) in [5.74, 6) is 2.35. The number of methoxy groups -OCH3 is 1. The van der Waals surface area contributed by atoms with Crippen molar-refractivity contribution in [3.8, 4) is 5.75 Å². The van der Waals surface area contributed by atoms with Crippen LogP contribution in [0.3, 0.4) is 0 Å². The van der Waals surface area contributed by atoms with Gasteiger partial charge in [-0.2, -0.15) is 0 Å². The molecule has 8 nitrogen and oxygen atoms in total. The summed E-state index contributed by atoms with van der Waals surface area (Å²) in [5, 5.41) is 3.43. The van der Waals surface area contributed by atoms with E-state index in [0.717, 1.165) is 56.7 Å². The SMILES string of the molecule is CN=C(NCCN1CCS(=O)(=O)CC1)N1CCN(c2ccccc2OC)CC1.I. The number of sulfone groups is 1. The molecule has 0 saturated carbocycles. The maximum Gasteiger partial charge on any atom is 0.193 e. The molecule has 0 atom stereocenters. The lowest BCUT2D eigenvalue weighted by molar-refractivity contribution is 0.296. The molecule has 1 aromatic rings. The maximum atomic E-state index is 11.5. The van der Waals surface area contributed by atoms with Crippen LogP contribution in [0.1, 0.15) is 0 Å². The molecule has 2 fully saturated rings. The number of benzene rings is 1. The zero-order valence-corrected chi connectivity index (χ0v) is 20.4. The Balaban J connectivity index is 0.00000300. The van der Waals surface area contributed by atoms with Gasteiger partial charge in [-0.05, 0) is 12.1 Å². The first kappa shape index (κ1) is 24.0. The van der Waals surface area contributed by atoms with Gasteiger partial charge >= 0.3 is 0 Å². The van der Waals surface area contributed by atoms with Gasteiger partial charge in [0.15, 0.2) is 15.8 Å². The van der Waals surface area contributed by atoms with Crippen molar-refractivity contribution in [1.29, 1.82) is 0 Å². The fraction of sp³-hybridized carbons (Fsp3) is 0.632. The molecule has 10 heteroatoms. The first-order chi connectivity index (χ1) is 13.5. The van der Waals surface area contributed by atoms with Crippen molar-refractivity contribution in [2.75, 3.05) is 82.9 Å². The van der Waals surface area contributed by atoms with Gasteiger partial charge in [-0.25, -0.2) is 8.42 Å². The molecule has 3 rings (SSSR count). The fourth-order valence-electron chi connectivity index (χ4n) is 3.68. The number of aliphatic imine (C=N–C) groups is 1. The van der Waals surface area contributed by atoms with Crippen LogP contribution in [-0.2, 0) is 9.84 Å². The predicted molar refractivity (Wildman–Crippen MR) is 129 cm³/mol. The highest BCUT2D eigenvalue weighted by Crippen LogP contribution is 2.28. The maximum absolute atomic E-state index is 11.5. The third-order valence-corrected chi connectivity index (χ3v) is 6.97. The van der Waals surface area contributed by atoms with E-state index in [0.29, 0.717) is 13.1 Å². The van der Waals surface area contributed by atoms with Crippen LogP contribution in [0.5, 0.6) is 5.75 Å². The highest BCUT2D eigenvalue weighted by atomic mass is 127. The van der Waals surface area contributed by atoms with Crippen molar-refractivity contribution in [2.45, 2.75) is 0 Å². The number of guanidine groups is 1. The van der Waals surface area contributed by atoms with E-state index in [-0.39, 0.29) is 35.5 Å². The molecular formula is C19H32IN5O3S. The molecule has 0 bridgehead atoms. The molecule has 0 amide bonds. The highest BCUT2D eigenvalue weighted by molar-refractivity contribution is 14.0. The van der Waals surface area contributed by atoms with E-state index in [9.17, 15) is 8.42 Å². The van der Waals surface area contributed by atoms with Crippen molar-refractivity contribution >= 4 is 45.5 Å². The number of para-hydroxylation sites is 2. The lowest BCUT2D eigenvalue weighted by Gasteiger charge is -2.38. The van der Waals surface area contributed by atoms with Gasteiger partial charge < -0.3 is 19.9 Å². The molecule has 0 unspecified atom stereocenters. The summed E-state index contributed by atoms with van der Waals surface area (Å²) in [6, 6.07) is 8.12. The monoisotopic (exact) mass is 537 g/mol. The molecule has 2 saturated heterocycles. The average molecular weight is 537 g/mol. The molecule has 29 heavy (non-hydrogen) atoms. The summed E-state index contributed by atoms with van der Waals surface area (Å²) in [6.45, 7) is 6.44. The van der Waals surface area contributed by atoms with E-state index in [1.807, 2.05) is 25.2 Å². The summed E-state index contributed by atoms with van der Waals surface area (Å²) < 4.78 is 28.5. The predicted octanol–water partition coefficient (Wildman–Crippen LogP) is 0.741. The second-order valence-corrected chi connectivity index (χ2v) is 9.42. The molecule has 0 spiro atoms. The third kappa shape index (κ3) is 6.61. The van der Waals surface area contributed by atoms with Crippen LogP contribution >= 0.6 is 24.0 Å². The van der Waals surface area contributed by atoms with Gasteiger partial charge in [0.2, 0.25) is 0 Å². The van der Waals surface area contributed by atoms with Crippen LogP contribution in [-0.4, -0.2) is 102 Å². The Bertz CT molecular complexity index is 768. The Labute approximate surface area is 191 Å². The van der Waals surface area contributed by atoms with Crippen LogP contribution < -0.4 is 15.0 Å². The number of nitrogens with zero attached hydrogens (tertiary/aromatic N) is 4. The zero-order chi connectivity index (χ0) is 20.0. The van der Waals surface area contributed by atoms with E-state index in [1.54, 1.807) is 7.11 Å². The van der Waals surface area contributed by atoms with Gasteiger partial charge in [0.25, 0.3) is 0 Å². The normalized spacial score (nSPS) is 20.1. The van der Waals surface area contributed by atoms with Gasteiger partial charge in [0.1, 0.15) is 5.75 Å². The van der Waals surface area contributed by atoms with Crippen LogP contribution in [0.15, 0.2) is 29.3 Å². The number of nitrogens with one attached hydrogen (secondary N) is 1. The Morgan fingerprint density at radius 2 is 1.76 bits per heavy atom. The summed E-state index contributed by atoms with van der Waals surface area (Å²) >= 11 is 0. The van der Waals surface area contributed by atoms with Crippen LogP contribution in [0, 0.1) is 0 Å². The fourth-order valence-corrected chi connectivity index (χ4v) is 4.96. The largest absolute Gasteiger partial charge is 0.495 e. The standard InChI is InChI=1S/C19H31N5O3S.HI/c1-20-19(21-7-8-22-13-15-28(25,26)16-14-22)24-11-9-23(10-12-24)17-5-3-4-6-18(17)27-2;/h3-6H,7-16H2,1-2H3,(H,20,21);1H. The number of hydrogen-bond acceptors (Lipinski definition) is 6. The molecule has 0 radical (unpaired) electrons. The van der Waals surface area contributed by atoms with Gasteiger partial charge in [-0.3, -0.25) is 9.89 Å². The van der Waals surface area contributed by atoms with E-state index in [1.165, 1.54) is 0 Å². The highest BCUT2D eigenvalue weighted by Gasteiger charge is 2.23. The second-order valence-electron chi connectivity index (χ2n) is 7.11. The summed E-state index contributed by atoms with van der Waals surface area (Å²) in [6.07, 6.45) is 0. The van der Waals surface area contributed by atoms with Gasteiger partial charge in [0, 0.05) is 59.4 Å². The topological polar surface area (TPSA) is 77.5 Å². The lowest BCUT2D eigenvalue weighted by atomic mass is 10.2. The first-order valence-corrected chi connectivity index (χ1v) is 11.6. The number of halogens is 1. The molecule has 1 aromatic carbocycles. The van der Waals surface area contributed by atoms with E-state index in [4.69, 9.17) is 4.74 Å². The molecule has 2 aliphatic heterocycles. The summed E-state index contributed by atoms with van der Waals surface area (Å²) in [4.78, 5) is 11.2. The molecule has 0 aromatic heterocycles. The molecule has 2 aliphatic rings. The Hall–Kier alpha value is -1.27. The van der Waals surface area contributed by atoms with Gasteiger partial charge in [-0.15, -0.1) is 24.0 Å². The van der Waals surface area contributed by atoms with E-state index in [2.05, 4.69) is 31.1 Å². The van der Waals surface area contributed by atoms with Gasteiger partial charge in [-0.1, -0.05) is 12.1 Å². The smallest absolute Gasteiger partial charge is 0.193 e.